The fraction of sp³-hybridized carbons (Fsp3) is 0.455. The van der Waals surface area contributed by atoms with Gasteiger partial charge >= 0.3 is 0 Å². The highest BCUT2D eigenvalue weighted by Crippen LogP contribution is 2.46. The van der Waals surface area contributed by atoms with Gasteiger partial charge in [0, 0.05) is 6.61 Å². The molecule has 1 aliphatic heterocycles. The van der Waals surface area contributed by atoms with Crippen molar-refractivity contribution in [3.05, 3.63) is 60.2 Å². The minimum Gasteiger partial charge on any atom is -0.457 e. The second-order valence-corrected chi connectivity index (χ2v) is 7.72. The van der Waals surface area contributed by atoms with E-state index in [1.807, 2.05) is 42.5 Å². The van der Waals surface area contributed by atoms with Gasteiger partial charge in [-0.05, 0) is 60.9 Å². The van der Waals surface area contributed by atoms with E-state index in [0.29, 0.717) is 0 Å². The molecule has 25 heavy (non-hydrogen) atoms. The average molecular weight is 340 g/mol. The molecule has 1 aliphatic rings. The number of benzene rings is 2. The van der Waals surface area contributed by atoms with Crippen molar-refractivity contribution >= 4 is 0 Å². The van der Waals surface area contributed by atoms with Crippen LogP contribution in [-0.2, 0) is 10.3 Å². The standard InChI is InChI=1S/C22H28O3/c1-21(2,12-7-15-23)13-14-22(17-24-22)18-8-6-11-20(16-18)25-19-9-4-3-5-10-19/h3-6,8-11,16,23H,7,12-15,17H2,1-2H3. The van der Waals surface area contributed by atoms with Crippen LogP contribution < -0.4 is 4.74 Å². The van der Waals surface area contributed by atoms with E-state index in [2.05, 4.69) is 26.0 Å². The van der Waals surface area contributed by atoms with E-state index in [9.17, 15) is 0 Å². The molecule has 3 nitrogen and oxygen atoms in total. The molecule has 0 radical (unpaired) electrons. The zero-order chi connectivity index (χ0) is 17.8. The molecule has 0 spiro atoms. The monoisotopic (exact) mass is 340 g/mol. The highest BCUT2D eigenvalue weighted by Gasteiger charge is 2.46. The Morgan fingerprint density at radius 1 is 1.04 bits per heavy atom. The van der Waals surface area contributed by atoms with Crippen LogP contribution in [0.5, 0.6) is 11.5 Å². The van der Waals surface area contributed by atoms with Gasteiger partial charge in [0.2, 0.25) is 0 Å². The van der Waals surface area contributed by atoms with Gasteiger partial charge in [-0.1, -0.05) is 44.2 Å². The summed E-state index contributed by atoms with van der Waals surface area (Å²) in [7, 11) is 0. The summed E-state index contributed by atoms with van der Waals surface area (Å²) in [6, 6.07) is 18.1. The second-order valence-electron chi connectivity index (χ2n) is 7.72. The molecular formula is C22H28O3. The molecule has 3 heteroatoms. The zero-order valence-corrected chi connectivity index (χ0v) is 15.2. The summed E-state index contributed by atoms with van der Waals surface area (Å²) in [5.41, 5.74) is 1.26. The molecule has 0 aromatic heterocycles. The Morgan fingerprint density at radius 3 is 2.44 bits per heavy atom. The van der Waals surface area contributed by atoms with Crippen LogP contribution in [0.1, 0.15) is 45.1 Å². The Morgan fingerprint density at radius 2 is 1.76 bits per heavy atom. The van der Waals surface area contributed by atoms with Crippen LogP contribution in [0.4, 0.5) is 0 Å². The van der Waals surface area contributed by atoms with E-state index in [1.54, 1.807) is 0 Å². The lowest BCUT2D eigenvalue weighted by atomic mass is 9.79. The first-order valence-corrected chi connectivity index (χ1v) is 9.11. The minimum absolute atomic E-state index is 0.160. The van der Waals surface area contributed by atoms with Crippen molar-refractivity contribution in [2.45, 2.75) is 45.1 Å². The molecule has 3 rings (SSSR count). The van der Waals surface area contributed by atoms with Crippen molar-refractivity contribution in [2.24, 2.45) is 5.41 Å². The van der Waals surface area contributed by atoms with Gasteiger partial charge in [0.25, 0.3) is 0 Å². The molecule has 134 valence electrons. The van der Waals surface area contributed by atoms with E-state index >= 15 is 0 Å². The highest BCUT2D eigenvalue weighted by molar-refractivity contribution is 5.37. The van der Waals surface area contributed by atoms with E-state index < -0.39 is 0 Å². The smallest absolute Gasteiger partial charge is 0.127 e. The van der Waals surface area contributed by atoms with Gasteiger partial charge in [0.05, 0.1) is 6.61 Å². The lowest BCUT2D eigenvalue weighted by Gasteiger charge is -2.26. The third kappa shape index (κ3) is 4.83. The average Bonchev–Trinajstić information content (AvgIpc) is 3.41. The normalized spacial score (nSPS) is 19.6. The second kappa shape index (κ2) is 7.59. The van der Waals surface area contributed by atoms with E-state index in [-0.39, 0.29) is 17.6 Å². The number of epoxide rings is 1. The van der Waals surface area contributed by atoms with Crippen molar-refractivity contribution in [3.63, 3.8) is 0 Å². The first-order valence-electron chi connectivity index (χ1n) is 9.11. The molecule has 0 amide bonds. The number of para-hydroxylation sites is 1. The van der Waals surface area contributed by atoms with E-state index in [1.165, 1.54) is 5.56 Å². The van der Waals surface area contributed by atoms with Gasteiger partial charge in [-0.15, -0.1) is 0 Å². The van der Waals surface area contributed by atoms with Crippen LogP contribution >= 0.6 is 0 Å². The minimum atomic E-state index is -0.160. The molecule has 0 bridgehead atoms. The quantitative estimate of drug-likeness (QED) is 0.631. The van der Waals surface area contributed by atoms with Crippen molar-refractivity contribution in [1.29, 1.82) is 0 Å². The molecule has 2 aromatic rings. The Hall–Kier alpha value is -1.84. The van der Waals surface area contributed by atoms with Crippen LogP contribution in [0.2, 0.25) is 0 Å². The summed E-state index contributed by atoms with van der Waals surface area (Å²) in [5, 5.41) is 9.06. The predicted molar refractivity (Wildman–Crippen MR) is 99.9 cm³/mol. The van der Waals surface area contributed by atoms with Crippen molar-refractivity contribution in [2.75, 3.05) is 13.2 Å². The SMILES string of the molecule is CC(C)(CCCO)CCC1(c2cccc(Oc3ccccc3)c2)CO1. The Bertz CT molecular complexity index is 675. The summed E-state index contributed by atoms with van der Waals surface area (Å²) in [5.74, 6) is 1.69. The maximum absolute atomic E-state index is 9.06. The summed E-state index contributed by atoms with van der Waals surface area (Å²) < 4.78 is 11.8. The van der Waals surface area contributed by atoms with Crippen LogP contribution in [0.3, 0.4) is 0 Å². The maximum Gasteiger partial charge on any atom is 0.127 e. The van der Waals surface area contributed by atoms with E-state index in [4.69, 9.17) is 14.6 Å². The Labute approximate surface area is 150 Å². The van der Waals surface area contributed by atoms with Gasteiger partial charge in [-0.25, -0.2) is 0 Å². The third-order valence-electron chi connectivity index (χ3n) is 5.05. The fourth-order valence-electron chi connectivity index (χ4n) is 3.23. The predicted octanol–water partition coefficient (Wildman–Crippen LogP) is 5.28. The molecule has 1 saturated heterocycles. The lowest BCUT2D eigenvalue weighted by molar-refractivity contribution is 0.203. The molecule has 1 unspecified atom stereocenters. The Balaban J connectivity index is 1.66. The van der Waals surface area contributed by atoms with Gasteiger partial charge in [-0.3, -0.25) is 0 Å². The molecular weight excluding hydrogens is 312 g/mol. The number of hydrogen-bond donors (Lipinski definition) is 1. The van der Waals surface area contributed by atoms with E-state index in [0.717, 1.165) is 43.8 Å². The van der Waals surface area contributed by atoms with Gasteiger partial charge in [0.1, 0.15) is 17.1 Å². The number of hydrogen-bond acceptors (Lipinski definition) is 3. The number of aliphatic hydroxyl groups is 1. The van der Waals surface area contributed by atoms with Gasteiger partial charge in [-0.2, -0.15) is 0 Å². The molecule has 0 aliphatic carbocycles. The maximum atomic E-state index is 9.06. The first kappa shape index (κ1) is 18.0. The summed E-state index contributed by atoms with van der Waals surface area (Å²) >= 11 is 0. The molecule has 1 heterocycles. The molecule has 1 fully saturated rings. The zero-order valence-electron chi connectivity index (χ0n) is 15.2. The largest absolute Gasteiger partial charge is 0.457 e. The molecule has 1 N–H and O–H groups in total. The molecule has 1 atom stereocenters. The summed E-state index contributed by atoms with van der Waals surface area (Å²) in [6.45, 7) is 5.59. The fourth-order valence-corrected chi connectivity index (χ4v) is 3.23. The van der Waals surface area contributed by atoms with Crippen molar-refractivity contribution < 1.29 is 14.6 Å². The van der Waals surface area contributed by atoms with Crippen LogP contribution in [-0.4, -0.2) is 18.3 Å². The number of ether oxygens (including phenoxy) is 2. The highest BCUT2D eigenvalue weighted by atomic mass is 16.6. The van der Waals surface area contributed by atoms with Gasteiger partial charge < -0.3 is 14.6 Å². The number of rotatable bonds is 9. The first-order chi connectivity index (χ1) is 12.0. The van der Waals surface area contributed by atoms with Crippen LogP contribution in [0.25, 0.3) is 0 Å². The van der Waals surface area contributed by atoms with Crippen molar-refractivity contribution in [1.82, 2.24) is 0 Å². The van der Waals surface area contributed by atoms with Gasteiger partial charge in [0.15, 0.2) is 0 Å². The summed E-state index contributed by atoms with van der Waals surface area (Å²) in [4.78, 5) is 0. The lowest BCUT2D eigenvalue weighted by Crippen LogP contribution is -2.17. The third-order valence-corrected chi connectivity index (χ3v) is 5.05. The molecule has 2 aromatic carbocycles. The topological polar surface area (TPSA) is 42.0 Å². The van der Waals surface area contributed by atoms with Crippen LogP contribution in [0, 0.1) is 5.41 Å². The van der Waals surface area contributed by atoms with Crippen LogP contribution in [0.15, 0.2) is 54.6 Å². The Kier molecular flexibility index (Phi) is 5.45. The molecule has 0 saturated carbocycles. The summed E-state index contributed by atoms with van der Waals surface area (Å²) in [6.07, 6.45) is 3.98. The number of aliphatic hydroxyl groups excluding tert-OH is 1. The van der Waals surface area contributed by atoms with Crippen molar-refractivity contribution in [3.8, 4) is 11.5 Å².